The number of rotatable bonds is 2. The number of thiophene rings is 2. The summed E-state index contributed by atoms with van der Waals surface area (Å²) in [6.07, 6.45) is 0. The zero-order valence-corrected chi connectivity index (χ0v) is 9.64. The van der Waals surface area contributed by atoms with Crippen LogP contribution in [0.25, 0.3) is 0 Å². The summed E-state index contributed by atoms with van der Waals surface area (Å²) in [7, 11) is 0. The molecule has 2 aromatic heterocycles. The van der Waals surface area contributed by atoms with Crippen LogP contribution in [0, 0.1) is 0 Å². The lowest BCUT2D eigenvalue weighted by atomic mass is 10.0. The van der Waals surface area contributed by atoms with Crippen LogP contribution >= 0.6 is 22.7 Å². The van der Waals surface area contributed by atoms with Gasteiger partial charge in [-0.1, -0.05) is 0 Å². The van der Waals surface area contributed by atoms with Gasteiger partial charge in [-0.25, -0.2) is 0 Å². The highest BCUT2D eigenvalue weighted by atomic mass is 32.1. The third-order valence-electron chi connectivity index (χ3n) is 2.50. The summed E-state index contributed by atoms with van der Waals surface area (Å²) >= 11 is 3.33. The maximum Gasteiger partial charge on any atom is 0.224 e. The molecule has 1 fully saturated rings. The van der Waals surface area contributed by atoms with Crippen molar-refractivity contribution in [1.29, 1.82) is 0 Å². The van der Waals surface area contributed by atoms with Crippen molar-refractivity contribution in [2.45, 2.75) is 5.79 Å². The number of hydrogen-bond donors (Lipinski definition) is 0. The monoisotopic (exact) mass is 238 g/mol. The molecular formula is C11H10O2S2. The van der Waals surface area contributed by atoms with Crippen LogP contribution in [0.15, 0.2) is 33.7 Å². The molecule has 0 bridgehead atoms. The van der Waals surface area contributed by atoms with Crippen molar-refractivity contribution in [1.82, 2.24) is 0 Å². The van der Waals surface area contributed by atoms with E-state index >= 15 is 0 Å². The molecule has 78 valence electrons. The van der Waals surface area contributed by atoms with Crippen molar-refractivity contribution in [3.8, 4) is 0 Å². The topological polar surface area (TPSA) is 18.5 Å². The highest BCUT2D eigenvalue weighted by Crippen LogP contribution is 2.39. The summed E-state index contributed by atoms with van der Waals surface area (Å²) in [5.74, 6) is -0.639. The summed E-state index contributed by atoms with van der Waals surface area (Å²) in [6, 6.07) is 4.13. The Morgan fingerprint density at radius 3 is 1.87 bits per heavy atom. The van der Waals surface area contributed by atoms with Gasteiger partial charge >= 0.3 is 0 Å². The summed E-state index contributed by atoms with van der Waals surface area (Å²) in [5.41, 5.74) is 2.20. The molecule has 0 amide bonds. The molecule has 2 nitrogen and oxygen atoms in total. The standard InChI is InChI=1S/C11H10O2S2/c1-5-14-7-9(1)11(12-3-4-13-11)10-2-6-15-8-10/h1-2,5-8H,3-4H2. The lowest BCUT2D eigenvalue weighted by Gasteiger charge is -2.25. The van der Waals surface area contributed by atoms with E-state index in [1.165, 1.54) is 0 Å². The van der Waals surface area contributed by atoms with Gasteiger partial charge in [-0.15, -0.1) is 0 Å². The highest BCUT2D eigenvalue weighted by molar-refractivity contribution is 7.08. The van der Waals surface area contributed by atoms with E-state index < -0.39 is 5.79 Å². The van der Waals surface area contributed by atoms with Gasteiger partial charge in [0.25, 0.3) is 0 Å². The Hall–Kier alpha value is -0.680. The smallest absolute Gasteiger partial charge is 0.224 e. The first-order chi connectivity index (χ1) is 7.42. The van der Waals surface area contributed by atoms with E-state index in [0.29, 0.717) is 13.2 Å². The molecule has 3 heterocycles. The molecule has 0 atom stereocenters. The van der Waals surface area contributed by atoms with E-state index in [9.17, 15) is 0 Å². The van der Waals surface area contributed by atoms with Crippen molar-refractivity contribution in [3.05, 3.63) is 44.8 Å². The van der Waals surface area contributed by atoms with Crippen molar-refractivity contribution >= 4 is 22.7 Å². The third kappa shape index (κ3) is 1.45. The maximum atomic E-state index is 5.82. The van der Waals surface area contributed by atoms with E-state index in [1.807, 2.05) is 0 Å². The molecule has 2 aromatic rings. The second kappa shape index (κ2) is 3.72. The van der Waals surface area contributed by atoms with Crippen molar-refractivity contribution in [3.63, 3.8) is 0 Å². The van der Waals surface area contributed by atoms with Gasteiger partial charge < -0.3 is 9.47 Å². The molecule has 4 heteroatoms. The molecular weight excluding hydrogens is 228 g/mol. The molecule has 1 aliphatic heterocycles. The highest BCUT2D eigenvalue weighted by Gasteiger charge is 2.41. The predicted molar refractivity (Wildman–Crippen MR) is 61.3 cm³/mol. The van der Waals surface area contributed by atoms with Crippen LogP contribution in [0.5, 0.6) is 0 Å². The van der Waals surface area contributed by atoms with E-state index in [4.69, 9.17) is 9.47 Å². The van der Waals surface area contributed by atoms with Gasteiger partial charge in [-0.2, -0.15) is 22.7 Å². The molecule has 0 aliphatic carbocycles. The molecule has 1 saturated heterocycles. The normalized spacial score (nSPS) is 19.5. The van der Waals surface area contributed by atoms with Gasteiger partial charge in [0, 0.05) is 11.1 Å². The molecule has 3 rings (SSSR count). The van der Waals surface area contributed by atoms with Crippen LogP contribution in [0.3, 0.4) is 0 Å². The second-order valence-electron chi connectivity index (χ2n) is 3.34. The summed E-state index contributed by atoms with van der Waals surface area (Å²) < 4.78 is 11.6. The fourth-order valence-electron chi connectivity index (χ4n) is 1.82. The summed E-state index contributed by atoms with van der Waals surface area (Å²) in [6.45, 7) is 1.32. The van der Waals surface area contributed by atoms with E-state index in [1.54, 1.807) is 22.7 Å². The lowest BCUT2D eigenvalue weighted by molar-refractivity contribution is -0.129. The Morgan fingerprint density at radius 1 is 0.933 bits per heavy atom. The Kier molecular flexibility index (Phi) is 2.36. The van der Waals surface area contributed by atoms with Gasteiger partial charge in [0.05, 0.1) is 13.2 Å². The Bertz CT molecular complexity index is 377. The minimum atomic E-state index is -0.639. The average molecular weight is 238 g/mol. The van der Waals surface area contributed by atoms with Crippen molar-refractivity contribution in [2.75, 3.05) is 13.2 Å². The van der Waals surface area contributed by atoms with Crippen LogP contribution in [0.4, 0.5) is 0 Å². The second-order valence-corrected chi connectivity index (χ2v) is 4.90. The minimum Gasteiger partial charge on any atom is -0.340 e. The lowest BCUT2D eigenvalue weighted by Crippen LogP contribution is -2.27. The van der Waals surface area contributed by atoms with Gasteiger partial charge in [0.15, 0.2) is 0 Å². The first-order valence-electron chi connectivity index (χ1n) is 4.75. The number of ether oxygens (including phenoxy) is 2. The average Bonchev–Trinajstić information content (AvgIpc) is 3.02. The predicted octanol–water partition coefficient (Wildman–Crippen LogP) is 3.06. The zero-order valence-electron chi connectivity index (χ0n) is 8.01. The molecule has 0 unspecified atom stereocenters. The quantitative estimate of drug-likeness (QED) is 0.800. The SMILES string of the molecule is c1cc(C2(c3ccsc3)OCCO2)cs1. The molecule has 0 saturated carbocycles. The minimum absolute atomic E-state index is 0.639. The van der Waals surface area contributed by atoms with Crippen LogP contribution in [-0.2, 0) is 15.3 Å². The van der Waals surface area contributed by atoms with Gasteiger partial charge in [-0.05, 0) is 33.7 Å². The Balaban J connectivity index is 2.10. The van der Waals surface area contributed by atoms with E-state index in [0.717, 1.165) is 11.1 Å². The van der Waals surface area contributed by atoms with E-state index in [-0.39, 0.29) is 0 Å². The van der Waals surface area contributed by atoms with Crippen LogP contribution in [-0.4, -0.2) is 13.2 Å². The summed E-state index contributed by atoms with van der Waals surface area (Å²) in [4.78, 5) is 0. The Morgan fingerprint density at radius 2 is 1.47 bits per heavy atom. The van der Waals surface area contributed by atoms with Crippen molar-refractivity contribution in [2.24, 2.45) is 0 Å². The Labute approximate surface area is 96.1 Å². The maximum absolute atomic E-state index is 5.82. The first-order valence-corrected chi connectivity index (χ1v) is 6.64. The van der Waals surface area contributed by atoms with Gasteiger partial charge in [-0.3, -0.25) is 0 Å². The summed E-state index contributed by atoms with van der Waals surface area (Å²) in [5, 5.41) is 8.27. The van der Waals surface area contributed by atoms with Crippen LogP contribution in [0.2, 0.25) is 0 Å². The largest absolute Gasteiger partial charge is 0.340 e. The van der Waals surface area contributed by atoms with Crippen LogP contribution < -0.4 is 0 Å². The molecule has 0 radical (unpaired) electrons. The van der Waals surface area contributed by atoms with Gasteiger partial charge in [0.2, 0.25) is 5.79 Å². The first kappa shape index (κ1) is 9.54. The molecule has 0 spiro atoms. The molecule has 1 aliphatic rings. The van der Waals surface area contributed by atoms with Crippen LogP contribution in [0.1, 0.15) is 11.1 Å². The third-order valence-corrected chi connectivity index (χ3v) is 3.86. The molecule has 0 N–H and O–H groups in total. The number of hydrogen-bond acceptors (Lipinski definition) is 4. The molecule has 15 heavy (non-hydrogen) atoms. The van der Waals surface area contributed by atoms with Gasteiger partial charge in [0.1, 0.15) is 0 Å². The fraction of sp³-hybridized carbons (Fsp3) is 0.273. The fourth-order valence-corrected chi connectivity index (χ4v) is 3.18. The van der Waals surface area contributed by atoms with E-state index in [2.05, 4.69) is 33.7 Å². The molecule has 0 aromatic carbocycles. The van der Waals surface area contributed by atoms with Crippen molar-refractivity contribution < 1.29 is 9.47 Å². The zero-order chi connectivity index (χ0) is 10.1.